The fourth-order valence-corrected chi connectivity index (χ4v) is 3.36. The molecule has 0 aliphatic carbocycles. The topological polar surface area (TPSA) is 125 Å². The predicted octanol–water partition coefficient (Wildman–Crippen LogP) is 0.837. The summed E-state index contributed by atoms with van der Waals surface area (Å²) >= 11 is 0. The summed E-state index contributed by atoms with van der Waals surface area (Å²) in [5, 5.41) is 3.03. The van der Waals surface area contributed by atoms with Crippen LogP contribution in [0, 0.1) is 0 Å². The maximum Gasteiger partial charge on any atom is 0.332 e. The van der Waals surface area contributed by atoms with Crippen molar-refractivity contribution in [1.29, 1.82) is 0 Å². The summed E-state index contributed by atoms with van der Waals surface area (Å²) in [6, 6.07) is 3.61. The number of anilines is 1. The molecule has 3 rings (SSSR count). The number of fused-ring (bicyclic) bond motifs is 1. The van der Waals surface area contributed by atoms with Crippen LogP contribution in [0.25, 0.3) is 11.0 Å². The van der Waals surface area contributed by atoms with Crippen LogP contribution in [-0.2, 0) is 26.1 Å². The molecular formula is C20H24N6O3. The summed E-state index contributed by atoms with van der Waals surface area (Å²) in [5.41, 5.74) is 6.10. The van der Waals surface area contributed by atoms with E-state index in [0.29, 0.717) is 5.56 Å². The average molecular weight is 396 g/mol. The molecule has 0 atom stereocenters. The molecule has 29 heavy (non-hydrogen) atoms. The predicted molar refractivity (Wildman–Crippen MR) is 111 cm³/mol. The first-order valence-corrected chi connectivity index (χ1v) is 9.10. The van der Waals surface area contributed by atoms with E-state index in [2.05, 4.69) is 15.3 Å². The number of aryl methyl sites for hydroxylation is 1. The zero-order valence-electron chi connectivity index (χ0n) is 17.1. The molecule has 9 heteroatoms. The third-order valence-corrected chi connectivity index (χ3v) is 4.77. The highest BCUT2D eigenvalue weighted by Crippen LogP contribution is 2.33. The Kier molecular flexibility index (Phi) is 5.00. The fourth-order valence-electron chi connectivity index (χ4n) is 3.36. The van der Waals surface area contributed by atoms with E-state index in [1.807, 2.05) is 26.8 Å². The summed E-state index contributed by atoms with van der Waals surface area (Å²) in [6.07, 6.45) is 3.30. The second-order valence-electron chi connectivity index (χ2n) is 7.95. The first kappa shape index (κ1) is 20.2. The Balaban J connectivity index is 2.27. The van der Waals surface area contributed by atoms with Gasteiger partial charge in [-0.1, -0.05) is 26.8 Å². The van der Waals surface area contributed by atoms with Gasteiger partial charge in [0, 0.05) is 33.0 Å². The highest BCUT2D eigenvalue weighted by molar-refractivity contribution is 6.04. The van der Waals surface area contributed by atoms with E-state index in [9.17, 15) is 14.4 Å². The SMILES string of the molecule is Cn1c(=O)c2c(C(C)(C)C)c(C(=O)NCc3cccnc3)c(N)nc2n(C)c1=O. The Hall–Kier alpha value is -3.49. The summed E-state index contributed by atoms with van der Waals surface area (Å²) in [4.78, 5) is 46.6. The van der Waals surface area contributed by atoms with Gasteiger partial charge in [-0.2, -0.15) is 0 Å². The minimum atomic E-state index is -0.611. The van der Waals surface area contributed by atoms with Gasteiger partial charge < -0.3 is 11.1 Å². The van der Waals surface area contributed by atoms with Gasteiger partial charge in [0.1, 0.15) is 5.82 Å². The lowest BCUT2D eigenvalue weighted by molar-refractivity contribution is 0.0949. The van der Waals surface area contributed by atoms with Crippen molar-refractivity contribution in [2.75, 3.05) is 5.73 Å². The Labute approximate surface area is 167 Å². The van der Waals surface area contributed by atoms with Gasteiger partial charge in [-0.3, -0.25) is 23.7 Å². The van der Waals surface area contributed by atoms with Crippen LogP contribution in [0.15, 0.2) is 34.1 Å². The highest BCUT2D eigenvalue weighted by atomic mass is 16.2. The molecule has 0 radical (unpaired) electrons. The smallest absolute Gasteiger partial charge is 0.332 e. The van der Waals surface area contributed by atoms with E-state index in [1.165, 1.54) is 18.7 Å². The second-order valence-corrected chi connectivity index (χ2v) is 7.95. The molecule has 3 aromatic heterocycles. The summed E-state index contributed by atoms with van der Waals surface area (Å²) in [7, 11) is 2.92. The fraction of sp³-hybridized carbons (Fsp3) is 0.350. The van der Waals surface area contributed by atoms with E-state index in [1.54, 1.807) is 18.5 Å². The molecule has 0 spiro atoms. The number of nitrogens with one attached hydrogen (secondary N) is 1. The molecular weight excluding hydrogens is 372 g/mol. The Bertz CT molecular complexity index is 1220. The van der Waals surface area contributed by atoms with Crippen molar-refractivity contribution >= 4 is 22.8 Å². The maximum atomic E-state index is 13.1. The molecule has 0 saturated carbocycles. The van der Waals surface area contributed by atoms with E-state index in [-0.39, 0.29) is 29.0 Å². The number of rotatable bonds is 3. The number of carbonyl (C=O) groups excluding carboxylic acids is 1. The zero-order chi connectivity index (χ0) is 21.5. The Morgan fingerprint density at radius 1 is 1.21 bits per heavy atom. The number of carbonyl (C=O) groups is 1. The number of nitrogens with two attached hydrogens (primary N) is 1. The van der Waals surface area contributed by atoms with Crippen molar-refractivity contribution in [3.05, 3.63) is 62.1 Å². The van der Waals surface area contributed by atoms with Crippen molar-refractivity contribution in [3.8, 4) is 0 Å². The van der Waals surface area contributed by atoms with Gasteiger partial charge in [-0.15, -0.1) is 0 Å². The van der Waals surface area contributed by atoms with Crippen LogP contribution < -0.4 is 22.3 Å². The molecule has 0 saturated heterocycles. The largest absolute Gasteiger partial charge is 0.383 e. The van der Waals surface area contributed by atoms with Crippen molar-refractivity contribution < 1.29 is 4.79 Å². The van der Waals surface area contributed by atoms with Gasteiger partial charge in [-0.25, -0.2) is 9.78 Å². The highest BCUT2D eigenvalue weighted by Gasteiger charge is 2.30. The molecule has 3 heterocycles. The van der Waals surface area contributed by atoms with Crippen molar-refractivity contribution in [1.82, 2.24) is 24.4 Å². The molecule has 0 unspecified atom stereocenters. The normalized spacial score (nSPS) is 11.6. The molecule has 9 nitrogen and oxygen atoms in total. The second kappa shape index (κ2) is 7.16. The van der Waals surface area contributed by atoms with Crippen molar-refractivity contribution in [3.63, 3.8) is 0 Å². The average Bonchev–Trinajstić information content (AvgIpc) is 2.68. The van der Waals surface area contributed by atoms with Crippen LogP contribution >= 0.6 is 0 Å². The maximum absolute atomic E-state index is 13.1. The van der Waals surface area contributed by atoms with Gasteiger partial charge in [0.25, 0.3) is 11.5 Å². The van der Waals surface area contributed by atoms with Crippen LogP contribution in [0.1, 0.15) is 42.3 Å². The van der Waals surface area contributed by atoms with E-state index >= 15 is 0 Å². The molecule has 0 aliphatic heterocycles. The summed E-state index contributed by atoms with van der Waals surface area (Å²) in [6.45, 7) is 5.88. The van der Waals surface area contributed by atoms with Crippen LogP contribution in [0.3, 0.4) is 0 Å². The van der Waals surface area contributed by atoms with Gasteiger partial charge >= 0.3 is 5.69 Å². The first-order valence-electron chi connectivity index (χ1n) is 9.10. The number of hydrogen-bond donors (Lipinski definition) is 2. The molecule has 0 aromatic carbocycles. The van der Waals surface area contributed by atoms with Crippen LogP contribution in [0.2, 0.25) is 0 Å². The lowest BCUT2D eigenvalue weighted by atomic mass is 9.82. The standard InChI is InChI=1S/C20H24N6O3/c1-20(2,3)14-12(17(27)23-10-11-7-6-8-22-9-11)15(21)24-16-13(14)18(28)26(5)19(29)25(16)4/h6-9H,10H2,1-5H3,(H2,21,24)(H,23,27). The number of nitrogens with zero attached hydrogens (tertiary/aromatic N) is 4. The summed E-state index contributed by atoms with van der Waals surface area (Å²) in [5.74, 6) is -0.476. The van der Waals surface area contributed by atoms with Gasteiger partial charge in [-0.05, 0) is 22.6 Å². The van der Waals surface area contributed by atoms with Crippen LogP contribution in [0.4, 0.5) is 5.82 Å². The lowest BCUT2D eigenvalue weighted by Gasteiger charge is -2.25. The van der Waals surface area contributed by atoms with E-state index < -0.39 is 22.6 Å². The first-order chi connectivity index (χ1) is 13.5. The number of amides is 1. The third-order valence-electron chi connectivity index (χ3n) is 4.77. The van der Waals surface area contributed by atoms with Crippen LogP contribution in [0.5, 0.6) is 0 Å². The number of hydrogen-bond acceptors (Lipinski definition) is 6. The van der Waals surface area contributed by atoms with Gasteiger partial charge in [0.05, 0.1) is 10.9 Å². The number of aromatic nitrogens is 4. The molecule has 3 N–H and O–H groups in total. The zero-order valence-corrected chi connectivity index (χ0v) is 17.1. The molecule has 3 aromatic rings. The summed E-state index contributed by atoms with van der Waals surface area (Å²) < 4.78 is 2.27. The van der Waals surface area contributed by atoms with Gasteiger partial charge in [0.15, 0.2) is 5.65 Å². The number of pyridine rings is 2. The Morgan fingerprint density at radius 3 is 2.48 bits per heavy atom. The monoisotopic (exact) mass is 396 g/mol. The number of nitrogen functional groups attached to an aromatic ring is 1. The van der Waals surface area contributed by atoms with Crippen molar-refractivity contribution in [2.45, 2.75) is 32.7 Å². The van der Waals surface area contributed by atoms with E-state index in [4.69, 9.17) is 5.73 Å². The molecule has 0 fully saturated rings. The quantitative estimate of drug-likeness (QED) is 0.676. The minimum Gasteiger partial charge on any atom is -0.383 e. The van der Waals surface area contributed by atoms with Crippen LogP contribution in [-0.4, -0.2) is 25.0 Å². The molecule has 0 bridgehead atoms. The van der Waals surface area contributed by atoms with Crippen molar-refractivity contribution in [2.24, 2.45) is 14.1 Å². The Morgan fingerprint density at radius 2 is 1.90 bits per heavy atom. The molecule has 0 aliphatic rings. The molecule has 152 valence electrons. The van der Waals surface area contributed by atoms with E-state index in [0.717, 1.165) is 10.1 Å². The lowest BCUT2D eigenvalue weighted by Crippen LogP contribution is -2.39. The third kappa shape index (κ3) is 3.51. The molecule has 1 amide bonds. The van der Waals surface area contributed by atoms with Gasteiger partial charge in [0.2, 0.25) is 0 Å². The minimum absolute atomic E-state index is 0.0330.